The number of nitrogens with one attached hydrogen (secondary N) is 1. The molecule has 2 rings (SSSR count). The Hall–Kier alpha value is -2.00. The average Bonchev–Trinajstić information content (AvgIpc) is 2.72. The molecule has 0 aliphatic rings. The summed E-state index contributed by atoms with van der Waals surface area (Å²) in [4.78, 5) is 13.3. The molecule has 2 aromatic heterocycles. The van der Waals surface area contributed by atoms with Crippen LogP contribution in [0, 0.1) is 18.3 Å². The first-order valence-corrected chi connectivity index (χ1v) is 5.53. The van der Waals surface area contributed by atoms with E-state index in [4.69, 9.17) is 5.26 Å². The van der Waals surface area contributed by atoms with Crippen LogP contribution in [0.4, 0.5) is 5.95 Å². The quantitative estimate of drug-likeness (QED) is 0.870. The minimum absolute atomic E-state index is 0.360. The molecule has 0 aliphatic carbocycles. The first kappa shape index (κ1) is 10.5. The Kier molecular flexibility index (Phi) is 3.08. The van der Waals surface area contributed by atoms with Crippen molar-refractivity contribution in [2.24, 2.45) is 0 Å². The van der Waals surface area contributed by atoms with Crippen molar-refractivity contribution in [1.29, 1.82) is 5.26 Å². The first-order chi connectivity index (χ1) is 7.79. The van der Waals surface area contributed by atoms with E-state index in [1.54, 1.807) is 29.1 Å². The smallest absolute Gasteiger partial charge is 0.224 e. The van der Waals surface area contributed by atoms with Gasteiger partial charge < -0.3 is 5.32 Å². The zero-order valence-electron chi connectivity index (χ0n) is 8.64. The lowest BCUT2D eigenvalue weighted by atomic mass is 10.4. The van der Waals surface area contributed by atoms with Crippen molar-refractivity contribution in [2.75, 3.05) is 5.32 Å². The van der Waals surface area contributed by atoms with Crippen LogP contribution < -0.4 is 5.32 Å². The van der Waals surface area contributed by atoms with Gasteiger partial charge in [-0.05, 0) is 13.0 Å². The maximum absolute atomic E-state index is 8.68. The lowest BCUT2D eigenvalue weighted by molar-refractivity contribution is 1.04. The lowest BCUT2D eigenvalue weighted by Crippen LogP contribution is -2.03. The van der Waals surface area contributed by atoms with Crippen molar-refractivity contribution in [2.45, 2.75) is 13.5 Å². The van der Waals surface area contributed by atoms with Crippen molar-refractivity contribution >= 4 is 17.3 Å². The molecule has 0 radical (unpaired) electrons. The fourth-order valence-corrected chi connectivity index (χ4v) is 1.88. The molecule has 0 bridgehead atoms. The van der Waals surface area contributed by atoms with Gasteiger partial charge in [-0.1, -0.05) is 0 Å². The van der Waals surface area contributed by atoms with E-state index in [9.17, 15) is 0 Å². The number of nitriles is 1. The predicted molar refractivity (Wildman–Crippen MR) is 60.9 cm³/mol. The zero-order valence-corrected chi connectivity index (χ0v) is 9.45. The van der Waals surface area contributed by atoms with Gasteiger partial charge in [0.05, 0.1) is 17.7 Å². The summed E-state index contributed by atoms with van der Waals surface area (Å²) in [5.74, 6) is 0.465. The van der Waals surface area contributed by atoms with Crippen LogP contribution in [0.15, 0.2) is 17.8 Å². The minimum Gasteiger partial charge on any atom is -0.349 e. The van der Waals surface area contributed by atoms with Crippen molar-refractivity contribution in [3.63, 3.8) is 0 Å². The Balaban J connectivity index is 2.05. The first-order valence-electron chi connectivity index (χ1n) is 4.65. The van der Waals surface area contributed by atoms with Gasteiger partial charge in [-0.25, -0.2) is 15.0 Å². The summed E-state index contributed by atoms with van der Waals surface area (Å²) >= 11 is 1.58. The number of nitrogens with zero attached hydrogens (tertiary/aromatic N) is 4. The summed E-state index contributed by atoms with van der Waals surface area (Å²) < 4.78 is 0. The highest BCUT2D eigenvalue weighted by atomic mass is 32.1. The Morgan fingerprint density at radius 1 is 1.50 bits per heavy atom. The predicted octanol–water partition coefficient (Wildman–Crippen LogP) is 1.73. The van der Waals surface area contributed by atoms with Gasteiger partial charge in [0.1, 0.15) is 11.8 Å². The molecule has 1 N–H and O–H groups in total. The van der Waals surface area contributed by atoms with Crippen LogP contribution in [0.3, 0.4) is 0 Å². The van der Waals surface area contributed by atoms with Gasteiger partial charge >= 0.3 is 0 Å². The molecule has 80 valence electrons. The molecule has 0 unspecified atom stereocenters. The number of aryl methyl sites for hydroxylation is 1. The number of anilines is 1. The minimum atomic E-state index is 0.360. The maximum Gasteiger partial charge on any atom is 0.224 e. The van der Waals surface area contributed by atoms with Gasteiger partial charge in [-0.3, -0.25) is 0 Å². The third-order valence-electron chi connectivity index (χ3n) is 2.02. The van der Waals surface area contributed by atoms with Gasteiger partial charge in [-0.2, -0.15) is 5.26 Å². The molecule has 0 fully saturated rings. The number of hydrogen-bond donors (Lipinski definition) is 1. The van der Waals surface area contributed by atoms with Gasteiger partial charge in [0.2, 0.25) is 5.95 Å². The van der Waals surface area contributed by atoms with E-state index in [2.05, 4.69) is 20.3 Å². The monoisotopic (exact) mass is 231 g/mol. The molecule has 0 saturated heterocycles. The van der Waals surface area contributed by atoms with E-state index in [1.165, 1.54) is 0 Å². The van der Waals surface area contributed by atoms with Crippen molar-refractivity contribution < 1.29 is 0 Å². The Labute approximate surface area is 96.8 Å². The number of aromatic nitrogens is 3. The average molecular weight is 231 g/mol. The van der Waals surface area contributed by atoms with Crippen molar-refractivity contribution in [1.82, 2.24) is 15.0 Å². The fraction of sp³-hybridized carbons (Fsp3) is 0.200. The Morgan fingerprint density at radius 2 is 2.38 bits per heavy atom. The van der Waals surface area contributed by atoms with E-state index in [-0.39, 0.29) is 0 Å². The van der Waals surface area contributed by atoms with E-state index >= 15 is 0 Å². The van der Waals surface area contributed by atoms with Crippen LogP contribution in [0.25, 0.3) is 0 Å². The summed E-state index contributed by atoms with van der Waals surface area (Å²) in [5, 5.41) is 11.7. The summed E-state index contributed by atoms with van der Waals surface area (Å²) in [6, 6.07) is 3.54. The summed E-state index contributed by atoms with van der Waals surface area (Å²) in [6.45, 7) is 2.59. The highest BCUT2D eigenvalue weighted by Gasteiger charge is 2.02. The standard InChI is InChI=1S/C10H9N5S/c1-7-9(16-6-14-7)5-13-10-12-3-2-8(4-11)15-10/h2-3,6H,5H2,1H3,(H,12,13,15). The van der Waals surface area contributed by atoms with Gasteiger partial charge in [-0.15, -0.1) is 11.3 Å². The van der Waals surface area contributed by atoms with Crippen LogP contribution in [-0.4, -0.2) is 15.0 Å². The van der Waals surface area contributed by atoms with Crippen LogP contribution in [0.1, 0.15) is 16.3 Å². The zero-order chi connectivity index (χ0) is 11.4. The normalized spacial score (nSPS) is 9.75. The molecule has 6 heteroatoms. The highest BCUT2D eigenvalue weighted by molar-refractivity contribution is 7.09. The second-order valence-corrected chi connectivity index (χ2v) is 4.03. The van der Waals surface area contributed by atoms with Crippen LogP contribution in [-0.2, 0) is 6.54 Å². The Morgan fingerprint density at radius 3 is 3.06 bits per heavy atom. The largest absolute Gasteiger partial charge is 0.349 e. The van der Waals surface area contributed by atoms with E-state index < -0.39 is 0 Å². The summed E-state index contributed by atoms with van der Waals surface area (Å²) in [6.07, 6.45) is 1.56. The van der Waals surface area contributed by atoms with Crippen LogP contribution in [0.5, 0.6) is 0 Å². The maximum atomic E-state index is 8.68. The van der Waals surface area contributed by atoms with Crippen LogP contribution >= 0.6 is 11.3 Å². The SMILES string of the molecule is Cc1ncsc1CNc1nccc(C#N)n1. The second kappa shape index (κ2) is 4.68. The van der Waals surface area contributed by atoms with E-state index in [0.717, 1.165) is 10.6 Å². The van der Waals surface area contributed by atoms with E-state index in [1.807, 2.05) is 13.0 Å². The third-order valence-corrected chi connectivity index (χ3v) is 2.96. The molecular weight excluding hydrogens is 222 g/mol. The number of rotatable bonds is 3. The van der Waals surface area contributed by atoms with Crippen molar-refractivity contribution in [3.8, 4) is 6.07 Å². The Bertz CT molecular complexity index is 528. The molecule has 2 heterocycles. The molecule has 0 atom stereocenters. The molecule has 0 saturated carbocycles. The van der Waals surface area contributed by atoms with Gasteiger partial charge in [0.15, 0.2) is 0 Å². The third kappa shape index (κ3) is 2.32. The van der Waals surface area contributed by atoms with Crippen molar-refractivity contribution in [3.05, 3.63) is 34.0 Å². The number of thiazole rings is 1. The van der Waals surface area contributed by atoms with E-state index in [0.29, 0.717) is 18.2 Å². The summed E-state index contributed by atoms with van der Waals surface area (Å²) in [7, 11) is 0. The topological polar surface area (TPSA) is 74.5 Å². The highest BCUT2D eigenvalue weighted by Crippen LogP contribution is 2.13. The van der Waals surface area contributed by atoms with Crippen LogP contribution in [0.2, 0.25) is 0 Å². The molecule has 2 aromatic rings. The second-order valence-electron chi connectivity index (χ2n) is 3.09. The molecule has 16 heavy (non-hydrogen) atoms. The van der Waals surface area contributed by atoms with Gasteiger partial charge in [0, 0.05) is 11.1 Å². The van der Waals surface area contributed by atoms with Gasteiger partial charge in [0.25, 0.3) is 0 Å². The number of hydrogen-bond acceptors (Lipinski definition) is 6. The molecule has 0 aromatic carbocycles. The molecular formula is C10H9N5S. The molecule has 0 spiro atoms. The lowest BCUT2D eigenvalue weighted by Gasteiger charge is -2.02. The summed E-state index contributed by atoms with van der Waals surface area (Å²) in [5.41, 5.74) is 3.17. The molecule has 0 amide bonds. The fourth-order valence-electron chi connectivity index (χ4n) is 1.16. The molecule has 5 nitrogen and oxygen atoms in total. The molecule has 0 aliphatic heterocycles.